The van der Waals surface area contributed by atoms with E-state index < -0.39 is 11.7 Å². The van der Waals surface area contributed by atoms with Crippen molar-refractivity contribution >= 4 is 23.3 Å². The predicted octanol–water partition coefficient (Wildman–Crippen LogP) is 3.81. The molecule has 0 spiro atoms. The van der Waals surface area contributed by atoms with Crippen LogP contribution in [0.3, 0.4) is 0 Å². The number of aromatic nitrogens is 4. The number of nitrogen functional groups attached to an aromatic ring is 1. The highest BCUT2D eigenvalue weighted by Gasteiger charge is 2.33. The number of aliphatic hydroxyl groups is 1. The molecule has 4 heterocycles. The minimum Gasteiger partial charge on any atom is -0.392 e. The maximum Gasteiger partial charge on any atom is 0.261 e. The van der Waals surface area contributed by atoms with Crippen LogP contribution < -0.4 is 10.6 Å². The maximum atomic E-state index is 15.2. The molecule has 0 unspecified atom stereocenters. The molecule has 202 valence electrons. The zero-order valence-electron chi connectivity index (χ0n) is 21.7. The van der Waals surface area contributed by atoms with Crippen molar-refractivity contribution in [1.29, 1.82) is 0 Å². The topological polar surface area (TPSA) is 127 Å². The predicted molar refractivity (Wildman–Crippen MR) is 146 cm³/mol. The highest BCUT2D eigenvalue weighted by molar-refractivity contribution is 6.09. The lowest BCUT2D eigenvalue weighted by Crippen LogP contribution is -2.39. The van der Waals surface area contributed by atoms with Crippen LogP contribution in [0.5, 0.6) is 0 Å². The molecule has 1 aliphatic carbocycles. The molecule has 0 radical (unpaired) electrons. The summed E-state index contributed by atoms with van der Waals surface area (Å²) in [6.45, 7) is 0.635. The average Bonchev–Trinajstić information content (AvgIpc) is 3.63. The van der Waals surface area contributed by atoms with Crippen molar-refractivity contribution in [3.05, 3.63) is 87.7 Å². The minimum absolute atomic E-state index is 0.0219. The first-order valence-electron chi connectivity index (χ1n) is 13.5. The van der Waals surface area contributed by atoms with E-state index in [9.17, 15) is 14.7 Å². The van der Waals surface area contributed by atoms with Crippen molar-refractivity contribution in [3.63, 3.8) is 0 Å². The van der Waals surface area contributed by atoms with E-state index in [4.69, 9.17) is 5.73 Å². The zero-order valence-corrected chi connectivity index (χ0v) is 21.7. The van der Waals surface area contributed by atoms with E-state index in [1.54, 1.807) is 18.2 Å². The van der Waals surface area contributed by atoms with Crippen molar-refractivity contribution in [1.82, 2.24) is 19.5 Å². The van der Waals surface area contributed by atoms with Crippen LogP contribution in [0.2, 0.25) is 0 Å². The van der Waals surface area contributed by atoms with Crippen molar-refractivity contribution in [2.45, 2.75) is 51.2 Å². The Hall–Kier alpha value is -4.44. The number of rotatable bonds is 6. The minimum atomic E-state index is -0.496. The van der Waals surface area contributed by atoms with Gasteiger partial charge in [-0.2, -0.15) is 9.97 Å². The fraction of sp³-hybridized carbons (Fsp3) is 0.300. The molecule has 2 aromatic carbocycles. The maximum absolute atomic E-state index is 15.2. The molecule has 0 atom stereocenters. The number of hydrogen-bond acceptors (Lipinski definition) is 7. The van der Waals surface area contributed by atoms with Gasteiger partial charge in [0.15, 0.2) is 11.6 Å². The Morgan fingerprint density at radius 3 is 2.67 bits per heavy atom. The molecule has 2 aromatic heterocycles. The number of halogens is 1. The van der Waals surface area contributed by atoms with Crippen LogP contribution in [0.1, 0.15) is 74.1 Å². The zero-order chi connectivity index (χ0) is 27.5. The molecular formula is C30H27FN6O3. The first-order valence-corrected chi connectivity index (χ1v) is 13.5. The summed E-state index contributed by atoms with van der Waals surface area (Å²) in [5.41, 5.74) is 10.8. The quantitative estimate of drug-likeness (QED) is 0.382. The number of aryl methyl sites for hydroxylation is 1. The number of nitrogens with two attached hydrogens (primary N) is 1. The fourth-order valence-electron chi connectivity index (χ4n) is 5.94. The van der Waals surface area contributed by atoms with Gasteiger partial charge in [-0.3, -0.25) is 9.59 Å². The average molecular weight is 539 g/mol. The van der Waals surface area contributed by atoms with Gasteiger partial charge in [-0.15, -0.1) is 0 Å². The number of anilines is 2. The monoisotopic (exact) mass is 538 g/mol. The number of ketones is 1. The highest BCUT2D eigenvalue weighted by Crippen LogP contribution is 2.42. The number of Topliss-reactive ketones (excluding diaryl/α,β-unsaturated/α-hetero) is 1. The van der Waals surface area contributed by atoms with Crippen LogP contribution in [0.15, 0.2) is 42.6 Å². The molecule has 1 amide bonds. The summed E-state index contributed by atoms with van der Waals surface area (Å²) < 4.78 is 17.1. The van der Waals surface area contributed by atoms with Crippen LogP contribution in [-0.2, 0) is 26.0 Å². The van der Waals surface area contributed by atoms with Crippen LogP contribution >= 0.6 is 0 Å². The molecule has 3 N–H and O–H groups in total. The lowest BCUT2D eigenvalue weighted by molar-refractivity contribution is 0.0973. The van der Waals surface area contributed by atoms with Gasteiger partial charge < -0.3 is 20.3 Å². The van der Waals surface area contributed by atoms with Gasteiger partial charge in [0.1, 0.15) is 11.6 Å². The van der Waals surface area contributed by atoms with Gasteiger partial charge in [0.05, 0.1) is 23.6 Å². The smallest absolute Gasteiger partial charge is 0.261 e. The summed E-state index contributed by atoms with van der Waals surface area (Å²) in [5, 5.41) is 10.4. The lowest BCUT2D eigenvalue weighted by Gasteiger charge is -2.31. The number of benzene rings is 2. The molecule has 0 saturated heterocycles. The molecule has 2 aliphatic heterocycles. The van der Waals surface area contributed by atoms with Gasteiger partial charge in [-0.25, -0.2) is 9.37 Å². The number of nitrogens with zero attached hydrogens (tertiary/aromatic N) is 5. The number of carbonyl (C=O) groups is 2. The van der Waals surface area contributed by atoms with Crippen molar-refractivity contribution < 1.29 is 19.1 Å². The van der Waals surface area contributed by atoms with E-state index in [0.29, 0.717) is 66.6 Å². The van der Waals surface area contributed by atoms with Gasteiger partial charge >= 0.3 is 0 Å². The van der Waals surface area contributed by atoms with E-state index in [1.165, 1.54) is 11.0 Å². The summed E-state index contributed by atoms with van der Waals surface area (Å²) >= 11 is 0. The molecule has 1 fully saturated rings. The second-order valence-electron chi connectivity index (χ2n) is 10.7. The van der Waals surface area contributed by atoms with E-state index in [0.717, 1.165) is 29.5 Å². The third kappa shape index (κ3) is 4.15. The highest BCUT2D eigenvalue weighted by atomic mass is 19.1. The normalized spacial score (nSPS) is 16.4. The van der Waals surface area contributed by atoms with Crippen LogP contribution in [-0.4, -0.2) is 42.9 Å². The van der Waals surface area contributed by atoms with Gasteiger partial charge in [0, 0.05) is 43.3 Å². The molecule has 3 aliphatic rings. The van der Waals surface area contributed by atoms with Crippen molar-refractivity contribution in [2.75, 3.05) is 17.2 Å². The van der Waals surface area contributed by atoms with E-state index in [-0.39, 0.29) is 29.7 Å². The number of amides is 1. The van der Waals surface area contributed by atoms with Crippen molar-refractivity contribution in [2.24, 2.45) is 0 Å². The Labute approximate surface area is 229 Å². The molecule has 7 rings (SSSR count). The Balaban J connectivity index is 1.23. The molecule has 9 nitrogen and oxygen atoms in total. The van der Waals surface area contributed by atoms with Gasteiger partial charge in [-0.1, -0.05) is 18.2 Å². The molecule has 4 aromatic rings. The SMILES string of the molecule is Nc1nc(Cc2cc3n(c2)CCC3=O)nc(-c2cccc(N3CCc4cc(C5CC5)cc(F)c4C3=O)c2CO)n1. The first-order chi connectivity index (χ1) is 19.4. The first kappa shape index (κ1) is 24.6. The Morgan fingerprint density at radius 1 is 1.05 bits per heavy atom. The summed E-state index contributed by atoms with van der Waals surface area (Å²) in [7, 11) is 0. The van der Waals surface area contributed by atoms with Gasteiger partial charge in [-0.05, 0) is 60.1 Å². The number of carbonyl (C=O) groups excluding carboxylic acids is 2. The number of hydrogen-bond donors (Lipinski definition) is 2. The molecule has 10 heteroatoms. The summed E-state index contributed by atoms with van der Waals surface area (Å²) in [6.07, 6.45) is 5.42. The Morgan fingerprint density at radius 2 is 1.90 bits per heavy atom. The van der Waals surface area contributed by atoms with Crippen molar-refractivity contribution in [3.8, 4) is 11.4 Å². The summed E-state index contributed by atoms with van der Waals surface area (Å²) in [6, 6.07) is 10.6. The molecule has 0 bridgehead atoms. The van der Waals surface area contributed by atoms with Crippen LogP contribution in [0.25, 0.3) is 11.4 Å². The van der Waals surface area contributed by atoms with E-state index in [1.807, 2.05) is 22.9 Å². The summed E-state index contributed by atoms with van der Waals surface area (Å²) in [4.78, 5) is 40.4. The second kappa shape index (κ2) is 9.34. The number of aliphatic hydroxyl groups excluding tert-OH is 1. The second-order valence-corrected chi connectivity index (χ2v) is 10.7. The standard InChI is InChI=1S/C30H27FN6O3/c31-22-13-19(17-4-5-17)12-18-6-9-37(29(40)27(18)22)23-3-1-2-20(21(23)15-38)28-33-26(34-30(32)35-28)11-16-10-24-25(39)7-8-36(24)14-16/h1-3,10,12-14,17,38H,4-9,11,15H2,(H2,32,33,34,35). The summed E-state index contributed by atoms with van der Waals surface area (Å²) in [5.74, 6) is 0.290. The molecular weight excluding hydrogens is 511 g/mol. The molecule has 1 saturated carbocycles. The van der Waals surface area contributed by atoms with Crippen LogP contribution in [0, 0.1) is 5.82 Å². The fourth-order valence-corrected chi connectivity index (χ4v) is 5.94. The third-order valence-corrected chi connectivity index (χ3v) is 8.03. The Bertz CT molecular complexity index is 1710. The lowest BCUT2D eigenvalue weighted by atomic mass is 9.93. The molecule has 40 heavy (non-hydrogen) atoms. The van der Waals surface area contributed by atoms with Gasteiger partial charge in [0.2, 0.25) is 5.95 Å². The van der Waals surface area contributed by atoms with E-state index in [2.05, 4.69) is 15.0 Å². The van der Waals surface area contributed by atoms with Crippen LogP contribution in [0.4, 0.5) is 16.0 Å². The third-order valence-electron chi connectivity index (χ3n) is 8.03. The Kier molecular flexibility index (Phi) is 5.74. The van der Waals surface area contributed by atoms with Gasteiger partial charge in [0.25, 0.3) is 5.91 Å². The number of fused-ring (bicyclic) bond motifs is 2. The largest absolute Gasteiger partial charge is 0.392 e. The van der Waals surface area contributed by atoms with E-state index >= 15 is 4.39 Å².